The monoisotopic (exact) mass is 303 g/mol. The molecule has 1 aliphatic carbocycles. The van der Waals surface area contributed by atoms with Crippen molar-refractivity contribution in [3.8, 4) is 0 Å². The number of carbonyl (C=O) groups excluding carboxylic acids is 2. The molecule has 2 amide bonds. The first kappa shape index (κ1) is 15.0. The number of hydrogen-bond acceptors (Lipinski definition) is 4. The molecule has 1 unspecified atom stereocenters. The van der Waals surface area contributed by atoms with Crippen LogP contribution in [0.5, 0.6) is 0 Å². The van der Waals surface area contributed by atoms with Gasteiger partial charge in [-0.05, 0) is 48.9 Å². The van der Waals surface area contributed by atoms with E-state index in [-0.39, 0.29) is 12.0 Å². The molecular weight excluding hydrogens is 282 g/mol. The summed E-state index contributed by atoms with van der Waals surface area (Å²) >= 11 is 0. The van der Waals surface area contributed by atoms with Crippen molar-refractivity contribution in [2.75, 3.05) is 25.0 Å². The molecule has 118 valence electrons. The summed E-state index contributed by atoms with van der Waals surface area (Å²) in [6, 6.07) is 6.52. The highest BCUT2D eigenvalue weighted by atomic mass is 16.3. The number of aliphatic hydroxyl groups excluding tert-OH is 1. The largest absolute Gasteiger partial charge is 0.392 e. The zero-order chi connectivity index (χ0) is 15.7. The van der Waals surface area contributed by atoms with Crippen LogP contribution in [-0.2, 0) is 4.79 Å². The van der Waals surface area contributed by atoms with E-state index in [2.05, 4.69) is 10.2 Å². The van der Waals surface area contributed by atoms with Crippen LogP contribution in [-0.4, -0.2) is 47.6 Å². The number of nitrogens with two attached hydrogens (primary N) is 1. The van der Waals surface area contributed by atoms with E-state index in [9.17, 15) is 14.7 Å². The Morgan fingerprint density at radius 3 is 2.32 bits per heavy atom. The summed E-state index contributed by atoms with van der Waals surface area (Å²) in [7, 11) is 0. The summed E-state index contributed by atoms with van der Waals surface area (Å²) in [4.78, 5) is 25.2. The van der Waals surface area contributed by atoms with Crippen molar-refractivity contribution in [2.24, 2.45) is 17.6 Å². The maximum atomic E-state index is 12.1. The normalized spacial score (nSPS) is 27.6. The highest BCUT2D eigenvalue weighted by Gasteiger charge is 2.41. The van der Waals surface area contributed by atoms with Gasteiger partial charge in [-0.3, -0.25) is 14.5 Å². The molecule has 1 saturated carbocycles. The molecule has 2 fully saturated rings. The van der Waals surface area contributed by atoms with Gasteiger partial charge in [0.25, 0.3) is 0 Å². The zero-order valence-electron chi connectivity index (χ0n) is 12.4. The molecule has 6 nitrogen and oxygen atoms in total. The number of aliphatic hydroxyl groups is 1. The maximum absolute atomic E-state index is 12.1. The molecule has 1 aromatic carbocycles. The van der Waals surface area contributed by atoms with E-state index in [0.29, 0.717) is 29.6 Å². The fourth-order valence-corrected chi connectivity index (χ4v) is 3.54. The molecule has 4 N–H and O–H groups in total. The number of anilines is 1. The lowest BCUT2D eigenvalue weighted by atomic mass is 9.95. The number of nitrogens with zero attached hydrogens (tertiary/aromatic N) is 1. The molecule has 0 radical (unpaired) electrons. The van der Waals surface area contributed by atoms with Gasteiger partial charge in [-0.2, -0.15) is 0 Å². The maximum Gasteiger partial charge on any atom is 0.248 e. The second kappa shape index (κ2) is 6.06. The van der Waals surface area contributed by atoms with E-state index in [1.54, 1.807) is 24.3 Å². The van der Waals surface area contributed by atoms with Gasteiger partial charge in [0.1, 0.15) is 0 Å². The Kier molecular flexibility index (Phi) is 4.13. The number of carbonyl (C=O) groups is 2. The van der Waals surface area contributed by atoms with Crippen molar-refractivity contribution in [1.82, 2.24) is 4.90 Å². The smallest absolute Gasteiger partial charge is 0.248 e. The molecule has 3 atom stereocenters. The Morgan fingerprint density at radius 2 is 1.77 bits per heavy atom. The number of piperidine rings is 1. The number of fused-ring (bicyclic) bond motifs is 2. The lowest BCUT2D eigenvalue weighted by molar-refractivity contribution is -0.118. The van der Waals surface area contributed by atoms with Crippen molar-refractivity contribution in [3.63, 3.8) is 0 Å². The van der Waals surface area contributed by atoms with E-state index in [4.69, 9.17) is 5.73 Å². The van der Waals surface area contributed by atoms with Gasteiger partial charge in [0.2, 0.25) is 11.8 Å². The molecule has 0 aromatic heterocycles. The summed E-state index contributed by atoms with van der Waals surface area (Å²) < 4.78 is 0. The van der Waals surface area contributed by atoms with Gasteiger partial charge in [0, 0.05) is 24.3 Å². The van der Waals surface area contributed by atoms with Gasteiger partial charge in [0.05, 0.1) is 12.6 Å². The van der Waals surface area contributed by atoms with Gasteiger partial charge in [-0.25, -0.2) is 0 Å². The Morgan fingerprint density at radius 1 is 1.18 bits per heavy atom. The number of nitrogens with one attached hydrogen (secondary N) is 1. The molecule has 2 bridgehead atoms. The Hall–Kier alpha value is -1.92. The fraction of sp³-hybridized carbons (Fsp3) is 0.500. The molecule has 6 heteroatoms. The summed E-state index contributed by atoms with van der Waals surface area (Å²) in [6.45, 7) is 1.90. The average molecular weight is 303 g/mol. The van der Waals surface area contributed by atoms with Crippen LogP contribution in [0.4, 0.5) is 5.69 Å². The third-order valence-electron chi connectivity index (χ3n) is 4.68. The van der Waals surface area contributed by atoms with E-state index in [1.807, 2.05) is 0 Å². The molecule has 2 aliphatic rings. The van der Waals surface area contributed by atoms with Crippen LogP contribution in [0.2, 0.25) is 0 Å². The predicted octanol–water partition coefficient (Wildman–Crippen LogP) is 0.427. The lowest BCUT2D eigenvalue weighted by Crippen LogP contribution is -2.47. The quantitative estimate of drug-likeness (QED) is 0.751. The Balaban J connectivity index is 1.53. The minimum atomic E-state index is -0.486. The summed E-state index contributed by atoms with van der Waals surface area (Å²) in [5.41, 5.74) is 6.24. The Bertz CT molecular complexity index is 559. The fourth-order valence-electron chi connectivity index (χ4n) is 3.54. The van der Waals surface area contributed by atoms with E-state index < -0.39 is 5.91 Å². The number of primary amides is 1. The van der Waals surface area contributed by atoms with Gasteiger partial charge in [-0.1, -0.05) is 0 Å². The third-order valence-corrected chi connectivity index (χ3v) is 4.68. The number of amides is 2. The van der Waals surface area contributed by atoms with Crippen LogP contribution in [0.15, 0.2) is 24.3 Å². The molecule has 3 rings (SSSR count). The van der Waals surface area contributed by atoms with Crippen molar-refractivity contribution in [2.45, 2.75) is 18.9 Å². The minimum absolute atomic E-state index is 0.0809. The highest BCUT2D eigenvalue weighted by Crippen LogP contribution is 2.36. The van der Waals surface area contributed by atoms with Crippen LogP contribution in [0.25, 0.3) is 0 Å². The first-order valence-corrected chi connectivity index (χ1v) is 7.63. The van der Waals surface area contributed by atoms with E-state index >= 15 is 0 Å². The van der Waals surface area contributed by atoms with Crippen molar-refractivity contribution < 1.29 is 14.7 Å². The molecule has 1 heterocycles. The summed E-state index contributed by atoms with van der Waals surface area (Å²) in [6.07, 6.45) is 1.91. The zero-order valence-corrected chi connectivity index (χ0v) is 12.4. The minimum Gasteiger partial charge on any atom is -0.392 e. The number of rotatable bonds is 4. The summed E-state index contributed by atoms with van der Waals surface area (Å²) in [5, 5.41) is 12.8. The highest BCUT2D eigenvalue weighted by molar-refractivity contribution is 5.95. The number of benzene rings is 1. The van der Waals surface area contributed by atoms with Gasteiger partial charge in [0.15, 0.2) is 0 Å². The van der Waals surface area contributed by atoms with Gasteiger partial charge < -0.3 is 16.2 Å². The number of hydrogen-bond donors (Lipinski definition) is 3. The standard InChI is InChI=1S/C16H21N3O3/c17-16(22)10-3-5-13(6-4-10)18-14(20)9-19-7-11-1-2-12(8-19)15(11)21/h3-6,11-12,15,21H,1-2,7-9H2,(H2,17,22)(H,18,20)/t11-,12+,15?. The molecule has 1 aromatic rings. The molecule has 1 saturated heterocycles. The second-order valence-corrected chi connectivity index (χ2v) is 6.27. The van der Waals surface area contributed by atoms with Crippen LogP contribution >= 0.6 is 0 Å². The van der Waals surface area contributed by atoms with Crippen molar-refractivity contribution in [1.29, 1.82) is 0 Å². The van der Waals surface area contributed by atoms with E-state index in [0.717, 1.165) is 25.9 Å². The topological polar surface area (TPSA) is 95.7 Å². The van der Waals surface area contributed by atoms with Crippen LogP contribution in [0.1, 0.15) is 23.2 Å². The third kappa shape index (κ3) is 3.13. The van der Waals surface area contributed by atoms with Crippen LogP contribution < -0.4 is 11.1 Å². The summed E-state index contributed by atoms with van der Waals surface area (Å²) in [5.74, 6) is 0.0469. The average Bonchev–Trinajstić information content (AvgIpc) is 2.70. The molecular formula is C16H21N3O3. The predicted molar refractivity (Wildman–Crippen MR) is 82.3 cm³/mol. The first-order valence-electron chi connectivity index (χ1n) is 7.63. The number of likely N-dealkylation sites (tertiary alicyclic amines) is 1. The molecule has 22 heavy (non-hydrogen) atoms. The first-order chi connectivity index (χ1) is 10.5. The SMILES string of the molecule is NC(=O)c1ccc(NC(=O)CN2C[C@H]3CC[C@@H](C2)C3O)cc1. The molecule has 1 aliphatic heterocycles. The van der Waals surface area contributed by atoms with Gasteiger partial charge >= 0.3 is 0 Å². The van der Waals surface area contributed by atoms with Crippen molar-refractivity contribution >= 4 is 17.5 Å². The Labute approximate surface area is 129 Å². The van der Waals surface area contributed by atoms with Gasteiger partial charge in [-0.15, -0.1) is 0 Å². The van der Waals surface area contributed by atoms with Crippen LogP contribution in [0.3, 0.4) is 0 Å². The van der Waals surface area contributed by atoms with Crippen molar-refractivity contribution in [3.05, 3.63) is 29.8 Å². The van der Waals surface area contributed by atoms with Crippen LogP contribution in [0, 0.1) is 11.8 Å². The molecule has 0 spiro atoms. The second-order valence-electron chi connectivity index (χ2n) is 6.27. The van der Waals surface area contributed by atoms with E-state index in [1.165, 1.54) is 0 Å². The lowest BCUT2D eigenvalue weighted by Gasteiger charge is -2.34.